The Morgan fingerprint density at radius 3 is 2.33 bits per heavy atom. The lowest BCUT2D eigenvalue weighted by molar-refractivity contribution is -0.385. The van der Waals surface area contributed by atoms with Crippen LogP contribution in [-0.2, 0) is 14.9 Å². The number of amides is 1. The molecule has 1 heterocycles. The third-order valence-corrected chi connectivity index (χ3v) is 5.35. The zero-order valence-corrected chi connectivity index (χ0v) is 18.8. The molecule has 0 bridgehead atoms. The molecule has 1 aliphatic heterocycles. The number of hydrogen-bond acceptors (Lipinski definition) is 9. The number of alkyl halides is 3. The zero-order valence-electron chi connectivity index (χ0n) is 18.0. The SMILES string of the molecule is CC(C)(C)OC(=O)N1CCC(N=Cc2cc([N+](=O)[O-])c(OS(=O)(=O)C(F)(F)F)cc2N)CC1. The van der Waals surface area contributed by atoms with Gasteiger partial charge in [-0.15, -0.1) is 0 Å². The summed E-state index contributed by atoms with van der Waals surface area (Å²) in [5.74, 6) is -1.17. The van der Waals surface area contributed by atoms with Gasteiger partial charge in [0.25, 0.3) is 0 Å². The first-order valence-corrected chi connectivity index (χ1v) is 11.0. The van der Waals surface area contributed by atoms with Crippen molar-refractivity contribution < 1.29 is 40.2 Å². The molecule has 0 radical (unpaired) electrons. The van der Waals surface area contributed by atoms with Crippen molar-refractivity contribution in [2.75, 3.05) is 18.8 Å². The molecule has 1 aromatic carbocycles. The molecule has 2 N–H and O–H groups in total. The van der Waals surface area contributed by atoms with Gasteiger partial charge in [-0.2, -0.15) is 21.6 Å². The van der Waals surface area contributed by atoms with Gasteiger partial charge in [0, 0.05) is 42.7 Å². The van der Waals surface area contributed by atoms with Crippen molar-refractivity contribution in [3.05, 3.63) is 27.8 Å². The van der Waals surface area contributed by atoms with E-state index in [2.05, 4.69) is 9.18 Å². The van der Waals surface area contributed by atoms with E-state index in [1.54, 1.807) is 20.8 Å². The molecule has 0 aliphatic carbocycles. The Hall–Kier alpha value is -3.10. The standard InChI is InChI=1S/C18H23F3N4O7S/c1-17(2,3)31-16(26)24-6-4-12(5-7-24)23-10-11-8-14(25(27)28)15(9-13(11)22)32-33(29,30)18(19,20)21/h8-10,12H,4-7,22H2,1-3H3. The number of halogens is 3. The van der Waals surface area contributed by atoms with Crippen molar-refractivity contribution in [3.8, 4) is 5.75 Å². The van der Waals surface area contributed by atoms with Crippen LogP contribution in [0.5, 0.6) is 5.75 Å². The maximum atomic E-state index is 12.5. The van der Waals surface area contributed by atoms with Gasteiger partial charge < -0.3 is 19.6 Å². The topological polar surface area (TPSA) is 154 Å². The highest BCUT2D eigenvalue weighted by molar-refractivity contribution is 7.88. The first-order valence-electron chi connectivity index (χ1n) is 9.60. The summed E-state index contributed by atoms with van der Waals surface area (Å²) in [5.41, 5.74) is -2.00. The van der Waals surface area contributed by atoms with E-state index < -0.39 is 43.7 Å². The number of ether oxygens (including phenoxy) is 1. The van der Waals surface area contributed by atoms with Crippen molar-refractivity contribution in [3.63, 3.8) is 0 Å². The Balaban J connectivity index is 2.15. The molecule has 0 spiro atoms. The van der Waals surface area contributed by atoms with Crippen molar-refractivity contribution in [2.24, 2.45) is 4.99 Å². The minimum Gasteiger partial charge on any atom is -0.444 e. The number of hydrogen-bond donors (Lipinski definition) is 1. The number of benzene rings is 1. The van der Waals surface area contributed by atoms with Gasteiger partial charge in [-0.05, 0) is 33.6 Å². The van der Waals surface area contributed by atoms with Gasteiger partial charge >= 0.3 is 27.4 Å². The smallest absolute Gasteiger partial charge is 0.444 e. The van der Waals surface area contributed by atoms with E-state index in [0.29, 0.717) is 32.0 Å². The quantitative estimate of drug-likeness (QED) is 0.163. The van der Waals surface area contributed by atoms with Crippen LogP contribution >= 0.6 is 0 Å². The van der Waals surface area contributed by atoms with Crippen molar-refractivity contribution in [2.45, 2.75) is 50.8 Å². The van der Waals surface area contributed by atoms with E-state index in [-0.39, 0.29) is 17.3 Å². The van der Waals surface area contributed by atoms with E-state index >= 15 is 0 Å². The average molecular weight is 496 g/mol. The molecule has 1 amide bonds. The van der Waals surface area contributed by atoms with Crippen LogP contribution in [-0.4, -0.2) is 60.8 Å². The van der Waals surface area contributed by atoms with Gasteiger partial charge in [-0.3, -0.25) is 15.1 Å². The van der Waals surface area contributed by atoms with Crippen molar-refractivity contribution in [1.82, 2.24) is 4.90 Å². The van der Waals surface area contributed by atoms with Gasteiger partial charge in [0.1, 0.15) is 5.60 Å². The van der Waals surface area contributed by atoms with Gasteiger partial charge in [-0.1, -0.05) is 0 Å². The number of aliphatic imine (C=N–C) groups is 1. The van der Waals surface area contributed by atoms with Gasteiger partial charge in [-0.25, -0.2) is 4.79 Å². The number of nitrogens with two attached hydrogens (primary N) is 1. The van der Waals surface area contributed by atoms with Crippen molar-refractivity contribution in [1.29, 1.82) is 0 Å². The predicted octanol–water partition coefficient (Wildman–Crippen LogP) is 3.22. The van der Waals surface area contributed by atoms with Crippen LogP contribution in [0.2, 0.25) is 0 Å². The number of carbonyl (C=O) groups is 1. The highest BCUT2D eigenvalue weighted by Crippen LogP contribution is 2.35. The number of carbonyl (C=O) groups excluding carboxylic acids is 1. The Bertz CT molecular complexity index is 1040. The van der Waals surface area contributed by atoms with Crippen LogP contribution in [0, 0.1) is 10.1 Å². The average Bonchev–Trinajstić information content (AvgIpc) is 2.65. The summed E-state index contributed by atoms with van der Waals surface area (Å²) in [6, 6.07) is 1.15. The summed E-state index contributed by atoms with van der Waals surface area (Å²) in [6.07, 6.45) is 1.71. The molecule has 0 aromatic heterocycles. The number of nitro groups is 1. The predicted molar refractivity (Wildman–Crippen MR) is 112 cm³/mol. The number of nitro benzene ring substituents is 1. The Morgan fingerprint density at radius 2 is 1.85 bits per heavy atom. The normalized spacial score (nSPS) is 16.1. The van der Waals surface area contributed by atoms with Crippen molar-refractivity contribution >= 4 is 33.8 Å². The van der Waals surface area contributed by atoms with Gasteiger partial charge in [0.05, 0.1) is 11.0 Å². The van der Waals surface area contributed by atoms with E-state index in [1.807, 2.05) is 0 Å². The third-order valence-electron chi connectivity index (χ3n) is 4.38. The maximum absolute atomic E-state index is 12.5. The number of nitrogens with zero attached hydrogens (tertiary/aromatic N) is 3. The number of nitrogen functional groups attached to an aromatic ring is 1. The number of piperidine rings is 1. The fourth-order valence-electron chi connectivity index (χ4n) is 2.80. The Morgan fingerprint density at radius 1 is 1.27 bits per heavy atom. The van der Waals surface area contributed by atoms with Gasteiger partial charge in [0.15, 0.2) is 0 Å². The van der Waals surface area contributed by atoms with Crippen LogP contribution in [0.15, 0.2) is 17.1 Å². The summed E-state index contributed by atoms with van der Waals surface area (Å²) in [6.45, 7) is 5.99. The molecule has 1 saturated heterocycles. The summed E-state index contributed by atoms with van der Waals surface area (Å²) in [5, 5.41) is 11.2. The molecule has 184 valence electrons. The highest BCUT2D eigenvalue weighted by atomic mass is 32.2. The summed E-state index contributed by atoms with van der Waals surface area (Å²) in [4.78, 5) is 28.1. The van der Waals surface area contributed by atoms with Crippen LogP contribution in [0.3, 0.4) is 0 Å². The molecule has 33 heavy (non-hydrogen) atoms. The molecule has 2 rings (SSSR count). The summed E-state index contributed by atoms with van der Waals surface area (Å²) >= 11 is 0. The van der Waals surface area contributed by atoms with Crippen LogP contribution in [0.25, 0.3) is 0 Å². The van der Waals surface area contributed by atoms with Gasteiger partial charge in [0.2, 0.25) is 5.75 Å². The minimum absolute atomic E-state index is 0.00646. The molecular weight excluding hydrogens is 473 g/mol. The Kier molecular flexibility index (Phi) is 7.46. The molecule has 11 nitrogen and oxygen atoms in total. The largest absolute Gasteiger partial charge is 0.534 e. The minimum atomic E-state index is -6.13. The second-order valence-electron chi connectivity index (χ2n) is 8.17. The summed E-state index contributed by atoms with van der Waals surface area (Å²) in [7, 11) is -6.13. The van der Waals surface area contributed by atoms with Crippen LogP contribution in [0.4, 0.5) is 29.3 Å². The third kappa shape index (κ3) is 6.94. The Labute approximate surface area is 187 Å². The molecule has 0 unspecified atom stereocenters. The molecule has 0 saturated carbocycles. The first-order chi connectivity index (χ1) is 15.0. The molecule has 1 fully saturated rings. The molecular formula is C18H23F3N4O7S. The molecule has 0 atom stereocenters. The summed E-state index contributed by atoms with van der Waals surface area (Å²) < 4.78 is 69.2. The zero-order chi connectivity index (χ0) is 25.2. The van der Waals surface area contributed by atoms with E-state index in [1.165, 1.54) is 11.1 Å². The highest BCUT2D eigenvalue weighted by Gasteiger charge is 2.49. The number of rotatable bonds is 5. The molecule has 1 aliphatic rings. The molecule has 15 heteroatoms. The fraction of sp³-hybridized carbons (Fsp3) is 0.556. The number of anilines is 1. The lowest BCUT2D eigenvalue weighted by Crippen LogP contribution is -2.42. The number of likely N-dealkylation sites (tertiary alicyclic amines) is 1. The van der Waals surface area contributed by atoms with Crippen LogP contribution in [0.1, 0.15) is 39.2 Å². The maximum Gasteiger partial charge on any atom is 0.534 e. The van der Waals surface area contributed by atoms with E-state index in [0.717, 1.165) is 6.07 Å². The second-order valence-corrected chi connectivity index (χ2v) is 9.70. The second kappa shape index (κ2) is 9.41. The van der Waals surface area contributed by atoms with Crippen LogP contribution < -0.4 is 9.92 Å². The fourth-order valence-corrected chi connectivity index (χ4v) is 3.26. The lowest BCUT2D eigenvalue weighted by atomic mass is 10.1. The molecule has 1 aromatic rings. The lowest BCUT2D eigenvalue weighted by Gasteiger charge is -2.32. The van der Waals surface area contributed by atoms with E-state index in [4.69, 9.17) is 10.5 Å². The first kappa shape index (κ1) is 26.2. The van der Waals surface area contributed by atoms with E-state index in [9.17, 15) is 36.5 Å². The monoisotopic (exact) mass is 496 g/mol.